The van der Waals surface area contributed by atoms with Gasteiger partial charge in [-0.25, -0.2) is 4.79 Å². The van der Waals surface area contributed by atoms with Gasteiger partial charge in [0.1, 0.15) is 0 Å². The molecule has 0 heterocycles. The minimum atomic E-state index is -0.844. The van der Waals surface area contributed by atoms with E-state index in [2.05, 4.69) is 16.1 Å². The van der Waals surface area contributed by atoms with Crippen LogP contribution in [0, 0.1) is 0 Å². The van der Waals surface area contributed by atoms with Crippen LogP contribution in [-0.4, -0.2) is 18.7 Å². The molecule has 10 heavy (non-hydrogen) atoms. The van der Waals surface area contributed by atoms with Crippen molar-refractivity contribution >= 4 is 12.4 Å². The smallest absolute Gasteiger partial charge is 0.333 e. The van der Waals surface area contributed by atoms with E-state index >= 15 is 0 Å². The third kappa shape index (κ3) is 3.65. The molecule has 4 heteroatoms. The number of carbonyl (C=O) groups excluding carboxylic acids is 2. The maximum absolute atomic E-state index is 10.4. The van der Waals surface area contributed by atoms with Gasteiger partial charge in [-0.3, -0.25) is 4.79 Å². The lowest BCUT2D eigenvalue weighted by Crippen LogP contribution is -2.15. The van der Waals surface area contributed by atoms with E-state index in [0.717, 1.165) is 6.08 Å². The van der Waals surface area contributed by atoms with Crippen LogP contribution in [-0.2, 0) is 19.1 Å². The first kappa shape index (κ1) is 8.68. The molecule has 0 aliphatic heterocycles. The molecule has 0 bridgehead atoms. The van der Waals surface area contributed by atoms with Gasteiger partial charge in [0.25, 0.3) is 6.47 Å². The van der Waals surface area contributed by atoms with Crippen molar-refractivity contribution in [3.63, 3.8) is 0 Å². The Morgan fingerprint density at radius 1 is 1.70 bits per heavy atom. The fourth-order valence-electron chi connectivity index (χ4n) is 0.318. The summed E-state index contributed by atoms with van der Waals surface area (Å²) in [6.45, 7) is 4.79. The molecule has 0 aliphatic carbocycles. The first-order valence-corrected chi connectivity index (χ1v) is 2.63. The monoisotopic (exact) mass is 144 g/mol. The highest BCUT2D eigenvalue weighted by atomic mass is 16.7. The normalized spacial score (nSPS) is 11.3. The molecule has 0 spiro atoms. The first-order valence-electron chi connectivity index (χ1n) is 2.63. The van der Waals surface area contributed by atoms with Crippen LogP contribution in [0.1, 0.15) is 6.92 Å². The predicted octanol–water partition coefficient (Wildman–Crippen LogP) is 0.235. The average molecular weight is 144 g/mol. The highest BCUT2D eigenvalue weighted by molar-refractivity contribution is 5.81. The minimum Gasteiger partial charge on any atom is -0.428 e. The Labute approximate surface area is 58.4 Å². The van der Waals surface area contributed by atoms with Gasteiger partial charge in [0.2, 0.25) is 6.29 Å². The van der Waals surface area contributed by atoms with Crippen molar-refractivity contribution in [2.75, 3.05) is 0 Å². The summed E-state index contributed by atoms with van der Waals surface area (Å²) in [5.74, 6) is -0.616. The Morgan fingerprint density at radius 2 is 2.30 bits per heavy atom. The molecule has 0 aromatic heterocycles. The number of hydrogen-bond acceptors (Lipinski definition) is 4. The second-order valence-electron chi connectivity index (χ2n) is 1.44. The summed E-state index contributed by atoms with van der Waals surface area (Å²) in [5.41, 5.74) is 0. The molecule has 0 saturated heterocycles. The molecule has 0 N–H and O–H groups in total. The molecule has 0 amide bonds. The summed E-state index contributed by atoms with van der Waals surface area (Å²) < 4.78 is 8.67. The Kier molecular flexibility index (Phi) is 3.95. The standard InChI is InChI=1S/C6H8O4/c1-3-6(8)10-5(2)9-4-7/h3-5H,1H2,2H3. The van der Waals surface area contributed by atoms with Crippen LogP contribution in [0.4, 0.5) is 0 Å². The van der Waals surface area contributed by atoms with E-state index in [1.165, 1.54) is 6.92 Å². The summed E-state index contributed by atoms with van der Waals surface area (Å²) in [7, 11) is 0. The fraction of sp³-hybridized carbons (Fsp3) is 0.333. The number of hydrogen-bond donors (Lipinski definition) is 0. The van der Waals surface area contributed by atoms with Gasteiger partial charge < -0.3 is 9.47 Å². The third-order valence-electron chi connectivity index (χ3n) is 0.696. The third-order valence-corrected chi connectivity index (χ3v) is 0.696. The summed E-state index contributed by atoms with van der Waals surface area (Å²) >= 11 is 0. The van der Waals surface area contributed by atoms with Crippen LogP contribution >= 0.6 is 0 Å². The minimum absolute atomic E-state index is 0.209. The Balaban J connectivity index is 3.55. The zero-order valence-electron chi connectivity index (χ0n) is 5.57. The van der Waals surface area contributed by atoms with E-state index < -0.39 is 12.3 Å². The van der Waals surface area contributed by atoms with Crippen molar-refractivity contribution in [3.8, 4) is 0 Å². The number of ether oxygens (including phenoxy) is 2. The van der Waals surface area contributed by atoms with Gasteiger partial charge in [0.15, 0.2) is 0 Å². The lowest BCUT2D eigenvalue weighted by atomic mass is 10.6. The number of rotatable bonds is 4. The van der Waals surface area contributed by atoms with E-state index in [0.29, 0.717) is 0 Å². The number of esters is 1. The van der Waals surface area contributed by atoms with Crippen LogP contribution in [0.3, 0.4) is 0 Å². The molecule has 0 fully saturated rings. The van der Waals surface area contributed by atoms with Crippen LogP contribution in [0.25, 0.3) is 0 Å². The molecule has 56 valence electrons. The molecule has 0 aromatic carbocycles. The SMILES string of the molecule is C=CC(=O)OC(C)OC=O. The van der Waals surface area contributed by atoms with Crippen molar-refractivity contribution in [1.29, 1.82) is 0 Å². The lowest BCUT2D eigenvalue weighted by molar-refractivity contribution is -0.171. The van der Waals surface area contributed by atoms with E-state index in [-0.39, 0.29) is 6.47 Å². The van der Waals surface area contributed by atoms with Crippen LogP contribution in [0.2, 0.25) is 0 Å². The zero-order valence-corrected chi connectivity index (χ0v) is 5.57. The van der Waals surface area contributed by atoms with Crippen LogP contribution in [0.15, 0.2) is 12.7 Å². The van der Waals surface area contributed by atoms with Gasteiger partial charge in [0.05, 0.1) is 0 Å². The molecule has 4 nitrogen and oxygen atoms in total. The second-order valence-corrected chi connectivity index (χ2v) is 1.44. The van der Waals surface area contributed by atoms with Gasteiger partial charge in [-0.15, -0.1) is 0 Å². The second kappa shape index (κ2) is 4.55. The van der Waals surface area contributed by atoms with Crippen molar-refractivity contribution in [3.05, 3.63) is 12.7 Å². The van der Waals surface area contributed by atoms with Crippen molar-refractivity contribution in [2.45, 2.75) is 13.2 Å². The Hall–Kier alpha value is -1.32. The maximum Gasteiger partial charge on any atom is 0.333 e. The molecule has 0 rings (SSSR count). The maximum atomic E-state index is 10.4. The molecule has 1 atom stereocenters. The molecule has 0 aliphatic rings. The van der Waals surface area contributed by atoms with Crippen LogP contribution < -0.4 is 0 Å². The lowest BCUT2D eigenvalue weighted by Gasteiger charge is -2.07. The predicted molar refractivity (Wildman–Crippen MR) is 32.9 cm³/mol. The van der Waals surface area contributed by atoms with Gasteiger partial charge in [-0.05, 0) is 0 Å². The Bertz CT molecular complexity index is 141. The van der Waals surface area contributed by atoms with Crippen molar-refractivity contribution in [2.24, 2.45) is 0 Å². The fourth-order valence-corrected chi connectivity index (χ4v) is 0.318. The van der Waals surface area contributed by atoms with Crippen LogP contribution in [0.5, 0.6) is 0 Å². The van der Waals surface area contributed by atoms with Crippen molar-refractivity contribution in [1.82, 2.24) is 0 Å². The summed E-state index contributed by atoms with van der Waals surface area (Å²) in [5, 5.41) is 0. The highest BCUT2D eigenvalue weighted by Crippen LogP contribution is 1.91. The van der Waals surface area contributed by atoms with Gasteiger partial charge >= 0.3 is 5.97 Å². The summed E-state index contributed by atoms with van der Waals surface area (Å²) in [4.78, 5) is 20.0. The first-order chi connectivity index (χ1) is 4.70. The quantitative estimate of drug-likeness (QED) is 0.245. The van der Waals surface area contributed by atoms with E-state index in [4.69, 9.17) is 0 Å². The molecule has 0 aromatic rings. The molecule has 0 radical (unpaired) electrons. The largest absolute Gasteiger partial charge is 0.428 e. The van der Waals surface area contributed by atoms with Gasteiger partial charge in [-0.2, -0.15) is 0 Å². The summed E-state index contributed by atoms with van der Waals surface area (Å²) in [6, 6.07) is 0. The van der Waals surface area contributed by atoms with E-state index in [1.54, 1.807) is 0 Å². The molecule has 0 saturated carbocycles. The van der Waals surface area contributed by atoms with Gasteiger partial charge in [0, 0.05) is 13.0 Å². The van der Waals surface area contributed by atoms with E-state index in [9.17, 15) is 9.59 Å². The topological polar surface area (TPSA) is 52.6 Å². The molecule has 1 unspecified atom stereocenters. The van der Waals surface area contributed by atoms with E-state index in [1.807, 2.05) is 0 Å². The highest BCUT2D eigenvalue weighted by Gasteiger charge is 2.03. The molecular formula is C6H8O4. The average Bonchev–Trinajstić information content (AvgIpc) is 1.88. The zero-order chi connectivity index (χ0) is 7.98. The van der Waals surface area contributed by atoms with Gasteiger partial charge in [-0.1, -0.05) is 6.58 Å². The number of carbonyl (C=O) groups is 2. The Morgan fingerprint density at radius 3 is 2.70 bits per heavy atom. The summed E-state index contributed by atoms with van der Waals surface area (Å²) in [6.07, 6.45) is 0.146. The van der Waals surface area contributed by atoms with Crippen molar-refractivity contribution < 1.29 is 19.1 Å². The molecular weight excluding hydrogens is 136 g/mol.